The fraction of sp³-hybridized carbons (Fsp3) is 0.476. The van der Waals surface area contributed by atoms with E-state index in [2.05, 4.69) is 33.8 Å². The van der Waals surface area contributed by atoms with Crippen LogP contribution < -0.4 is 5.32 Å². The SMILES string of the molecule is O=C(CN[C@H](c1ccccc1)c1cccs1)N1CCN([C@H]2CCS(=O)(=O)C2)CC1. The first-order valence-electron chi connectivity index (χ1n) is 10.1. The zero-order valence-corrected chi connectivity index (χ0v) is 18.0. The van der Waals surface area contributed by atoms with Gasteiger partial charge in [0, 0.05) is 37.1 Å². The standard InChI is InChI=1S/C21H27N3O3S2/c25-20(24-11-9-23(10-12-24)18-8-14-29(26,27)16-18)15-22-21(19-7-4-13-28-19)17-5-2-1-3-6-17/h1-7,13,18,21-22H,8-12,14-16H2/t18-,21+/m0/s1. The Bertz CT molecular complexity index is 908. The first kappa shape index (κ1) is 20.5. The van der Waals surface area contributed by atoms with E-state index >= 15 is 0 Å². The molecule has 29 heavy (non-hydrogen) atoms. The fourth-order valence-corrected chi connectivity index (χ4v) is 6.77. The van der Waals surface area contributed by atoms with E-state index in [1.807, 2.05) is 29.2 Å². The van der Waals surface area contributed by atoms with Crippen LogP contribution in [-0.2, 0) is 14.6 Å². The molecule has 2 atom stereocenters. The maximum Gasteiger partial charge on any atom is 0.236 e. The summed E-state index contributed by atoms with van der Waals surface area (Å²) in [6, 6.07) is 14.4. The number of amides is 1. The maximum atomic E-state index is 12.8. The Morgan fingerprint density at radius 2 is 1.86 bits per heavy atom. The van der Waals surface area contributed by atoms with E-state index in [1.165, 1.54) is 4.88 Å². The van der Waals surface area contributed by atoms with Crippen molar-refractivity contribution in [1.29, 1.82) is 0 Å². The second-order valence-electron chi connectivity index (χ2n) is 7.71. The quantitative estimate of drug-likeness (QED) is 0.752. The zero-order chi connectivity index (χ0) is 20.3. The van der Waals surface area contributed by atoms with Crippen molar-refractivity contribution in [3.63, 3.8) is 0 Å². The van der Waals surface area contributed by atoms with Crippen molar-refractivity contribution in [3.8, 4) is 0 Å². The molecule has 8 heteroatoms. The molecule has 2 aromatic rings. The lowest BCUT2D eigenvalue weighted by Gasteiger charge is -2.37. The molecule has 1 amide bonds. The van der Waals surface area contributed by atoms with Gasteiger partial charge >= 0.3 is 0 Å². The molecular formula is C21H27N3O3S2. The molecule has 4 rings (SSSR count). The molecule has 1 aromatic heterocycles. The predicted octanol–water partition coefficient (Wildman–Crippen LogP) is 1.76. The van der Waals surface area contributed by atoms with E-state index in [4.69, 9.17) is 0 Å². The minimum atomic E-state index is -2.87. The number of nitrogens with zero attached hydrogens (tertiary/aromatic N) is 2. The summed E-state index contributed by atoms with van der Waals surface area (Å²) in [4.78, 5) is 18.1. The van der Waals surface area contributed by atoms with Crippen molar-refractivity contribution in [2.75, 3.05) is 44.2 Å². The van der Waals surface area contributed by atoms with Gasteiger partial charge in [-0.2, -0.15) is 0 Å². The molecule has 2 fully saturated rings. The molecule has 2 aliphatic rings. The van der Waals surface area contributed by atoms with E-state index in [0.717, 1.165) is 25.1 Å². The molecule has 2 saturated heterocycles. The number of carbonyl (C=O) groups excluding carboxylic acids is 1. The summed E-state index contributed by atoms with van der Waals surface area (Å²) >= 11 is 1.68. The van der Waals surface area contributed by atoms with Crippen molar-refractivity contribution < 1.29 is 13.2 Å². The van der Waals surface area contributed by atoms with E-state index in [1.54, 1.807) is 11.3 Å². The number of benzene rings is 1. The highest BCUT2D eigenvalue weighted by molar-refractivity contribution is 7.91. The van der Waals surface area contributed by atoms with Gasteiger partial charge in [-0.05, 0) is 23.4 Å². The van der Waals surface area contributed by atoms with Gasteiger partial charge in [0.2, 0.25) is 5.91 Å². The van der Waals surface area contributed by atoms with Crippen LogP contribution in [0.15, 0.2) is 47.8 Å². The summed E-state index contributed by atoms with van der Waals surface area (Å²) in [5.74, 6) is 0.660. The molecule has 2 aliphatic heterocycles. The molecule has 3 heterocycles. The topological polar surface area (TPSA) is 69.7 Å². The lowest BCUT2D eigenvalue weighted by molar-refractivity contribution is -0.132. The van der Waals surface area contributed by atoms with Crippen molar-refractivity contribution in [1.82, 2.24) is 15.1 Å². The van der Waals surface area contributed by atoms with Crippen LogP contribution in [0.1, 0.15) is 22.9 Å². The average molecular weight is 434 g/mol. The van der Waals surface area contributed by atoms with Crippen LogP contribution >= 0.6 is 11.3 Å². The lowest BCUT2D eigenvalue weighted by Crippen LogP contribution is -2.53. The molecule has 0 aliphatic carbocycles. The molecule has 0 saturated carbocycles. The molecule has 156 valence electrons. The van der Waals surface area contributed by atoms with Gasteiger partial charge in [-0.15, -0.1) is 11.3 Å². The number of rotatable bonds is 6. The summed E-state index contributed by atoms with van der Waals surface area (Å²) < 4.78 is 23.4. The van der Waals surface area contributed by atoms with E-state index in [-0.39, 0.29) is 30.3 Å². The predicted molar refractivity (Wildman–Crippen MR) is 116 cm³/mol. The molecule has 0 bridgehead atoms. The van der Waals surface area contributed by atoms with Gasteiger partial charge in [0.1, 0.15) is 0 Å². The van der Waals surface area contributed by atoms with Gasteiger partial charge in [-0.1, -0.05) is 36.4 Å². The van der Waals surface area contributed by atoms with Crippen molar-refractivity contribution in [3.05, 3.63) is 58.3 Å². The second kappa shape index (κ2) is 8.95. The third kappa shape index (κ3) is 5.06. The first-order valence-corrected chi connectivity index (χ1v) is 12.8. The number of thiophene rings is 1. The number of hydrogen-bond acceptors (Lipinski definition) is 6. The highest BCUT2D eigenvalue weighted by Crippen LogP contribution is 2.26. The van der Waals surface area contributed by atoms with Crippen LogP contribution in [0.3, 0.4) is 0 Å². The highest BCUT2D eigenvalue weighted by Gasteiger charge is 2.34. The van der Waals surface area contributed by atoms with Gasteiger partial charge in [0.15, 0.2) is 9.84 Å². The Hall–Kier alpha value is -1.74. The number of hydrogen-bond donors (Lipinski definition) is 1. The van der Waals surface area contributed by atoms with Crippen LogP contribution in [0.4, 0.5) is 0 Å². The summed E-state index contributed by atoms with van der Waals surface area (Å²) in [5, 5.41) is 5.49. The number of sulfone groups is 1. The number of carbonyl (C=O) groups is 1. The van der Waals surface area contributed by atoms with Crippen molar-refractivity contribution in [2.24, 2.45) is 0 Å². The van der Waals surface area contributed by atoms with Crippen molar-refractivity contribution in [2.45, 2.75) is 18.5 Å². The van der Waals surface area contributed by atoms with Gasteiger partial charge in [-0.3, -0.25) is 15.0 Å². The highest BCUT2D eigenvalue weighted by atomic mass is 32.2. The Morgan fingerprint density at radius 3 is 2.48 bits per heavy atom. The normalized spacial score (nSPS) is 23.2. The average Bonchev–Trinajstić information content (AvgIpc) is 3.39. The van der Waals surface area contributed by atoms with Crippen LogP contribution in [-0.4, -0.2) is 74.4 Å². The van der Waals surface area contributed by atoms with Gasteiger partial charge in [-0.25, -0.2) is 8.42 Å². The van der Waals surface area contributed by atoms with Crippen LogP contribution in [0.25, 0.3) is 0 Å². The monoisotopic (exact) mass is 433 g/mol. The Labute approximate surface area is 176 Å². The Morgan fingerprint density at radius 1 is 1.10 bits per heavy atom. The van der Waals surface area contributed by atoms with E-state index < -0.39 is 9.84 Å². The lowest BCUT2D eigenvalue weighted by atomic mass is 10.1. The zero-order valence-electron chi connectivity index (χ0n) is 16.4. The van der Waals surface area contributed by atoms with E-state index in [0.29, 0.717) is 18.8 Å². The number of piperazine rings is 1. The third-order valence-corrected chi connectivity index (χ3v) is 8.50. The number of nitrogens with one attached hydrogen (secondary N) is 1. The van der Waals surface area contributed by atoms with Gasteiger partial charge in [0.05, 0.1) is 24.1 Å². The minimum Gasteiger partial charge on any atom is -0.339 e. The molecular weight excluding hydrogens is 406 g/mol. The largest absolute Gasteiger partial charge is 0.339 e. The smallest absolute Gasteiger partial charge is 0.236 e. The van der Waals surface area contributed by atoms with Crippen molar-refractivity contribution >= 4 is 27.1 Å². The molecule has 6 nitrogen and oxygen atoms in total. The van der Waals surface area contributed by atoms with Crippen LogP contribution in [0, 0.1) is 0 Å². The first-order chi connectivity index (χ1) is 14.0. The second-order valence-corrected chi connectivity index (χ2v) is 10.9. The fourth-order valence-electron chi connectivity index (χ4n) is 4.18. The van der Waals surface area contributed by atoms with Gasteiger partial charge in [0.25, 0.3) is 0 Å². The molecule has 0 unspecified atom stereocenters. The molecule has 0 spiro atoms. The Balaban J connectivity index is 1.31. The van der Waals surface area contributed by atoms with Crippen LogP contribution in [0.5, 0.6) is 0 Å². The van der Waals surface area contributed by atoms with Crippen LogP contribution in [0.2, 0.25) is 0 Å². The van der Waals surface area contributed by atoms with E-state index in [9.17, 15) is 13.2 Å². The summed E-state index contributed by atoms with van der Waals surface area (Å²) in [5.41, 5.74) is 1.15. The maximum absolute atomic E-state index is 12.8. The summed E-state index contributed by atoms with van der Waals surface area (Å²) in [6.45, 7) is 3.10. The third-order valence-electron chi connectivity index (χ3n) is 5.81. The molecule has 0 radical (unpaired) electrons. The molecule has 1 aromatic carbocycles. The van der Waals surface area contributed by atoms with Gasteiger partial charge < -0.3 is 4.90 Å². The summed E-state index contributed by atoms with van der Waals surface area (Å²) in [6.07, 6.45) is 0.720. The Kier molecular flexibility index (Phi) is 6.34. The minimum absolute atomic E-state index is 0.00475. The summed E-state index contributed by atoms with van der Waals surface area (Å²) in [7, 11) is -2.87. The molecule has 1 N–H and O–H groups in total.